The van der Waals surface area contributed by atoms with Gasteiger partial charge in [-0.3, -0.25) is 9.78 Å². The third-order valence-corrected chi connectivity index (χ3v) is 3.52. The average molecular weight is 276 g/mol. The molecule has 1 fully saturated rings. The molecule has 1 saturated heterocycles. The summed E-state index contributed by atoms with van der Waals surface area (Å²) >= 11 is 6.10. The fourth-order valence-electron chi connectivity index (χ4n) is 2.36. The molecule has 1 N–H and O–H groups in total. The molecular weight excluding hydrogens is 262 g/mol. The number of aromatic nitrogens is 1. The van der Waals surface area contributed by atoms with Crippen LogP contribution in [-0.4, -0.2) is 42.0 Å². The molecule has 5 heteroatoms. The molecule has 1 aromatic carbocycles. The van der Waals surface area contributed by atoms with Gasteiger partial charge in [0.15, 0.2) is 0 Å². The maximum atomic E-state index is 12.6. The van der Waals surface area contributed by atoms with Gasteiger partial charge >= 0.3 is 0 Å². The van der Waals surface area contributed by atoms with E-state index in [0.717, 1.165) is 37.1 Å². The van der Waals surface area contributed by atoms with E-state index in [1.54, 1.807) is 12.3 Å². The van der Waals surface area contributed by atoms with Crippen LogP contribution in [0.4, 0.5) is 0 Å². The van der Waals surface area contributed by atoms with Crippen molar-refractivity contribution >= 4 is 28.4 Å². The first-order valence-corrected chi connectivity index (χ1v) is 6.68. The molecular formula is C14H14ClN3O. The zero-order valence-electron chi connectivity index (χ0n) is 10.4. The van der Waals surface area contributed by atoms with Crippen molar-refractivity contribution in [1.29, 1.82) is 0 Å². The highest BCUT2D eigenvalue weighted by atomic mass is 35.5. The smallest absolute Gasteiger partial charge is 0.256 e. The predicted molar refractivity (Wildman–Crippen MR) is 75.5 cm³/mol. The van der Waals surface area contributed by atoms with E-state index in [9.17, 15) is 4.79 Å². The van der Waals surface area contributed by atoms with Gasteiger partial charge in [-0.25, -0.2) is 0 Å². The summed E-state index contributed by atoms with van der Waals surface area (Å²) < 4.78 is 0. The van der Waals surface area contributed by atoms with Crippen molar-refractivity contribution < 1.29 is 4.79 Å². The highest BCUT2D eigenvalue weighted by Gasteiger charge is 2.20. The van der Waals surface area contributed by atoms with Gasteiger partial charge in [-0.1, -0.05) is 17.7 Å². The second-order valence-corrected chi connectivity index (χ2v) is 5.01. The molecule has 19 heavy (non-hydrogen) atoms. The molecule has 2 heterocycles. The van der Waals surface area contributed by atoms with Crippen LogP contribution in [0.2, 0.25) is 5.02 Å². The van der Waals surface area contributed by atoms with E-state index in [-0.39, 0.29) is 5.91 Å². The number of carbonyl (C=O) groups excluding carboxylic acids is 1. The standard InChI is InChI=1S/C14H14ClN3O/c15-11-8-10-2-1-3-17-13(10)12(9-11)14(19)18-6-4-16-5-7-18/h1-3,8-9,16H,4-7H2. The first-order chi connectivity index (χ1) is 9.25. The fraction of sp³-hybridized carbons (Fsp3) is 0.286. The molecule has 0 radical (unpaired) electrons. The number of hydrogen-bond acceptors (Lipinski definition) is 3. The summed E-state index contributed by atoms with van der Waals surface area (Å²) in [7, 11) is 0. The van der Waals surface area contributed by atoms with E-state index in [1.165, 1.54) is 0 Å². The Hall–Kier alpha value is -1.65. The largest absolute Gasteiger partial charge is 0.336 e. The Bertz CT molecular complexity index is 623. The zero-order chi connectivity index (χ0) is 13.2. The van der Waals surface area contributed by atoms with Crippen molar-refractivity contribution in [3.05, 3.63) is 41.0 Å². The van der Waals surface area contributed by atoms with Crippen molar-refractivity contribution in [2.75, 3.05) is 26.2 Å². The average Bonchev–Trinajstić information content (AvgIpc) is 2.46. The van der Waals surface area contributed by atoms with Crippen LogP contribution >= 0.6 is 11.6 Å². The Morgan fingerprint density at radius 2 is 2.11 bits per heavy atom. The van der Waals surface area contributed by atoms with Crippen LogP contribution in [0.3, 0.4) is 0 Å². The van der Waals surface area contributed by atoms with E-state index in [2.05, 4.69) is 10.3 Å². The van der Waals surface area contributed by atoms with E-state index in [1.807, 2.05) is 23.1 Å². The van der Waals surface area contributed by atoms with E-state index < -0.39 is 0 Å². The summed E-state index contributed by atoms with van der Waals surface area (Å²) in [5.74, 6) is 0.00713. The number of pyridine rings is 1. The molecule has 0 bridgehead atoms. The quantitative estimate of drug-likeness (QED) is 0.865. The Morgan fingerprint density at radius 3 is 2.89 bits per heavy atom. The lowest BCUT2D eigenvalue weighted by molar-refractivity contribution is 0.0737. The highest BCUT2D eigenvalue weighted by molar-refractivity contribution is 6.32. The molecule has 2 aromatic rings. The Morgan fingerprint density at radius 1 is 1.32 bits per heavy atom. The van der Waals surface area contributed by atoms with Crippen molar-refractivity contribution in [3.8, 4) is 0 Å². The van der Waals surface area contributed by atoms with Crippen molar-refractivity contribution in [2.24, 2.45) is 0 Å². The molecule has 1 aliphatic heterocycles. The van der Waals surface area contributed by atoms with Crippen LogP contribution in [0.5, 0.6) is 0 Å². The van der Waals surface area contributed by atoms with Gasteiger partial charge in [-0.15, -0.1) is 0 Å². The fourth-order valence-corrected chi connectivity index (χ4v) is 2.58. The minimum atomic E-state index is 0.00713. The molecule has 98 valence electrons. The van der Waals surface area contributed by atoms with E-state index in [0.29, 0.717) is 10.6 Å². The van der Waals surface area contributed by atoms with Crippen LogP contribution in [0, 0.1) is 0 Å². The number of benzene rings is 1. The third kappa shape index (κ3) is 2.41. The Kier molecular flexibility index (Phi) is 3.36. The van der Waals surface area contributed by atoms with Gasteiger partial charge in [0.25, 0.3) is 5.91 Å². The van der Waals surface area contributed by atoms with Crippen LogP contribution < -0.4 is 5.32 Å². The van der Waals surface area contributed by atoms with Crippen LogP contribution in [0.15, 0.2) is 30.5 Å². The molecule has 4 nitrogen and oxygen atoms in total. The van der Waals surface area contributed by atoms with Crippen molar-refractivity contribution in [3.63, 3.8) is 0 Å². The zero-order valence-corrected chi connectivity index (χ0v) is 11.2. The topological polar surface area (TPSA) is 45.2 Å². The summed E-state index contributed by atoms with van der Waals surface area (Å²) in [5, 5.41) is 4.70. The molecule has 3 rings (SSSR count). The highest BCUT2D eigenvalue weighted by Crippen LogP contribution is 2.23. The van der Waals surface area contributed by atoms with Crippen LogP contribution in [0.25, 0.3) is 10.9 Å². The van der Waals surface area contributed by atoms with Gasteiger partial charge < -0.3 is 10.2 Å². The number of hydrogen-bond donors (Lipinski definition) is 1. The number of nitrogens with one attached hydrogen (secondary N) is 1. The number of fused-ring (bicyclic) bond motifs is 1. The summed E-state index contributed by atoms with van der Waals surface area (Å²) in [6, 6.07) is 7.31. The predicted octanol–water partition coefficient (Wildman–Crippen LogP) is 1.93. The third-order valence-electron chi connectivity index (χ3n) is 3.30. The lowest BCUT2D eigenvalue weighted by Crippen LogP contribution is -2.46. The Balaban J connectivity index is 2.05. The monoisotopic (exact) mass is 275 g/mol. The SMILES string of the molecule is O=C(c1cc(Cl)cc2cccnc12)N1CCNCC1. The van der Waals surface area contributed by atoms with Crippen molar-refractivity contribution in [2.45, 2.75) is 0 Å². The van der Waals surface area contributed by atoms with E-state index in [4.69, 9.17) is 11.6 Å². The normalized spacial score (nSPS) is 15.7. The lowest BCUT2D eigenvalue weighted by Gasteiger charge is -2.27. The van der Waals surface area contributed by atoms with Gasteiger partial charge in [0.2, 0.25) is 0 Å². The van der Waals surface area contributed by atoms with Gasteiger partial charge in [0.05, 0.1) is 11.1 Å². The van der Waals surface area contributed by atoms with Gasteiger partial charge in [0, 0.05) is 42.8 Å². The van der Waals surface area contributed by atoms with Crippen LogP contribution in [0.1, 0.15) is 10.4 Å². The molecule has 1 aromatic heterocycles. The number of piperazine rings is 1. The molecule has 0 aliphatic carbocycles. The first kappa shape index (κ1) is 12.4. The molecule has 1 amide bonds. The van der Waals surface area contributed by atoms with Gasteiger partial charge in [-0.05, 0) is 18.2 Å². The number of carbonyl (C=O) groups is 1. The van der Waals surface area contributed by atoms with Crippen molar-refractivity contribution in [1.82, 2.24) is 15.2 Å². The number of amides is 1. The molecule has 0 unspecified atom stereocenters. The minimum absolute atomic E-state index is 0.00713. The maximum Gasteiger partial charge on any atom is 0.256 e. The Labute approximate surface area is 116 Å². The van der Waals surface area contributed by atoms with E-state index >= 15 is 0 Å². The van der Waals surface area contributed by atoms with Gasteiger partial charge in [0.1, 0.15) is 0 Å². The van der Waals surface area contributed by atoms with Crippen LogP contribution in [-0.2, 0) is 0 Å². The minimum Gasteiger partial charge on any atom is -0.336 e. The maximum absolute atomic E-state index is 12.6. The number of nitrogens with zero attached hydrogens (tertiary/aromatic N) is 2. The molecule has 0 saturated carbocycles. The summed E-state index contributed by atoms with van der Waals surface area (Å²) in [4.78, 5) is 18.7. The summed E-state index contributed by atoms with van der Waals surface area (Å²) in [6.45, 7) is 3.11. The first-order valence-electron chi connectivity index (χ1n) is 6.30. The summed E-state index contributed by atoms with van der Waals surface area (Å²) in [5.41, 5.74) is 1.31. The molecule has 1 aliphatic rings. The summed E-state index contributed by atoms with van der Waals surface area (Å²) in [6.07, 6.45) is 1.70. The van der Waals surface area contributed by atoms with Gasteiger partial charge in [-0.2, -0.15) is 0 Å². The molecule has 0 atom stereocenters. The molecule has 0 spiro atoms. The number of halogens is 1. The second-order valence-electron chi connectivity index (χ2n) is 4.57. The lowest BCUT2D eigenvalue weighted by atomic mass is 10.1. The number of rotatable bonds is 1. The second kappa shape index (κ2) is 5.15.